The van der Waals surface area contributed by atoms with Crippen LogP contribution in [0.25, 0.3) is 0 Å². The second kappa shape index (κ2) is 4.75. The average molecular weight is 258 g/mol. The van der Waals surface area contributed by atoms with Crippen LogP contribution >= 0.6 is 11.3 Å². The molecule has 0 aliphatic heterocycles. The van der Waals surface area contributed by atoms with E-state index in [2.05, 4.69) is 36.5 Å². The van der Waals surface area contributed by atoms with Gasteiger partial charge in [0, 0.05) is 28.0 Å². The quantitative estimate of drug-likeness (QED) is 0.828. The van der Waals surface area contributed by atoms with E-state index in [-0.39, 0.29) is 0 Å². The zero-order valence-electron chi connectivity index (χ0n) is 10.6. The van der Waals surface area contributed by atoms with Crippen molar-refractivity contribution >= 4 is 17.0 Å². The van der Waals surface area contributed by atoms with Gasteiger partial charge in [0.2, 0.25) is 0 Å². The van der Waals surface area contributed by atoms with Gasteiger partial charge in [-0.05, 0) is 55.2 Å². The molecular formula is C15H18N2S. The molecule has 1 unspecified atom stereocenters. The van der Waals surface area contributed by atoms with E-state index in [1.165, 1.54) is 27.3 Å². The number of benzene rings is 1. The highest BCUT2D eigenvalue weighted by molar-refractivity contribution is 7.11. The molecule has 0 saturated heterocycles. The second-order valence-electron chi connectivity index (χ2n) is 4.94. The molecule has 0 fully saturated rings. The van der Waals surface area contributed by atoms with E-state index < -0.39 is 0 Å². The molecule has 3 rings (SSSR count). The summed E-state index contributed by atoms with van der Waals surface area (Å²) in [6.45, 7) is 3.12. The van der Waals surface area contributed by atoms with E-state index in [1.807, 2.05) is 17.4 Å². The smallest absolute Gasteiger partial charge is 0.0329 e. The molecule has 0 radical (unpaired) electrons. The normalized spacial score (nSPS) is 17.9. The van der Waals surface area contributed by atoms with Crippen molar-refractivity contribution in [2.45, 2.75) is 32.4 Å². The molecule has 1 atom stereocenters. The number of hydrogen-bond donors (Lipinski definition) is 2. The molecule has 2 nitrogen and oxygen atoms in total. The van der Waals surface area contributed by atoms with Gasteiger partial charge in [0.15, 0.2) is 0 Å². The van der Waals surface area contributed by atoms with E-state index in [4.69, 9.17) is 5.73 Å². The van der Waals surface area contributed by atoms with Gasteiger partial charge in [0.05, 0.1) is 0 Å². The minimum Gasteiger partial charge on any atom is -0.399 e. The maximum atomic E-state index is 5.83. The van der Waals surface area contributed by atoms with E-state index in [0.717, 1.165) is 18.7 Å². The Morgan fingerprint density at radius 3 is 3.00 bits per heavy atom. The average Bonchev–Trinajstić information content (AvgIpc) is 2.92. The van der Waals surface area contributed by atoms with Crippen LogP contribution in [0.2, 0.25) is 0 Å². The first-order valence-electron chi connectivity index (χ1n) is 6.39. The monoisotopic (exact) mass is 258 g/mol. The number of anilines is 1. The highest BCUT2D eigenvalue weighted by Gasteiger charge is 2.21. The Labute approximate surface area is 112 Å². The fraction of sp³-hybridized carbons (Fsp3) is 0.333. The van der Waals surface area contributed by atoms with Gasteiger partial charge >= 0.3 is 0 Å². The van der Waals surface area contributed by atoms with Gasteiger partial charge in [-0.15, -0.1) is 11.3 Å². The van der Waals surface area contributed by atoms with Crippen molar-refractivity contribution in [2.75, 3.05) is 5.73 Å². The summed E-state index contributed by atoms with van der Waals surface area (Å²) >= 11 is 1.87. The summed E-state index contributed by atoms with van der Waals surface area (Å²) < 4.78 is 0. The number of aryl methyl sites for hydroxylation is 2. The van der Waals surface area contributed by atoms with Gasteiger partial charge in [-0.25, -0.2) is 0 Å². The van der Waals surface area contributed by atoms with Crippen molar-refractivity contribution in [3.8, 4) is 0 Å². The molecule has 0 saturated carbocycles. The number of thiophene rings is 1. The fourth-order valence-corrected chi connectivity index (χ4v) is 3.49. The number of fused-ring (bicyclic) bond motifs is 1. The lowest BCUT2D eigenvalue weighted by molar-refractivity contribution is 0.533. The molecule has 94 valence electrons. The van der Waals surface area contributed by atoms with Crippen LogP contribution in [0.5, 0.6) is 0 Å². The second-order valence-corrected chi connectivity index (χ2v) is 6.32. The summed E-state index contributed by atoms with van der Waals surface area (Å²) in [5.74, 6) is 0. The van der Waals surface area contributed by atoms with E-state index in [0.29, 0.717) is 6.04 Å². The van der Waals surface area contributed by atoms with Crippen molar-refractivity contribution in [1.29, 1.82) is 0 Å². The highest BCUT2D eigenvalue weighted by Crippen LogP contribution is 2.32. The van der Waals surface area contributed by atoms with Crippen LogP contribution in [0.1, 0.15) is 33.3 Å². The summed E-state index contributed by atoms with van der Waals surface area (Å²) in [5.41, 5.74) is 9.54. The molecule has 1 aliphatic rings. The summed E-state index contributed by atoms with van der Waals surface area (Å²) in [6.07, 6.45) is 2.32. The van der Waals surface area contributed by atoms with Crippen LogP contribution in [-0.4, -0.2) is 0 Å². The van der Waals surface area contributed by atoms with E-state index in [9.17, 15) is 0 Å². The third-order valence-corrected chi connectivity index (χ3v) is 4.56. The van der Waals surface area contributed by atoms with Gasteiger partial charge in [-0.1, -0.05) is 6.07 Å². The van der Waals surface area contributed by atoms with Crippen LogP contribution in [0, 0.1) is 6.92 Å². The lowest BCUT2D eigenvalue weighted by atomic mass is 10.1. The number of nitrogens with one attached hydrogen (secondary N) is 1. The van der Waals surface area contributed by atoms with Crippen LogP contribution in [0.15, 0.2) is 30.3 Å². The Morgan fingerprint density at radius 2 is 2.22 bits per heavy atom. The predicted molar refractivity (Wildman–Crippen MR) is 77.8 cm³/mol. The standard InChI is InChI=1S/C15H18N2S/c1-10-2-5-13(18-10)9-17-15-7-3-11-8-12(16)4-6-14(11)15/h2,4-6,8,15,17H,3,7,9,16H2,1H3. The SMILES string of the molecule is Cc1ccc(CNC2CCc3cc(N)ccc32)s1. The largest absolute Gasteiger partial charge is 0.399 e. The zero-order valence-corrected chi connectivity index (χ0v) is 11.4. The molecule has 0 spiro atoms. The number of hydrogen-bond acceptors (Lipinski definition) is 3. The topological polar surface area (TPSA) is 38.0 Å². The predicted octanol–water partition coefficient (Wildman–Crippen LogP) is 3.42. The van der Waals surface area contributed by atoms with E-state index in [1.54, 1.807) is 0 Å². The highest BCUT2D eigenvalue weighted by atomic mass is 32.1. The Kier molecular flexibility index (Phi) is 3.10. The molecule has 18 heavy (non-hydrogen) atoms. The first-order chi connectivity index (χ1) is 8.72. The Morgan fingerprint density at radius 1 is 1.33 bits per heavy atom. The first kappa shape index (κ1) is 11.8. The van der Waals surface area contributed by atoms with Crippen molar-refractivity contribution in [2.24, 2.45) is 0 Å². The summed E-state index contributed by atoms with van der Waals surface area (Å²) in [5, 5.41) is 3.66. The Hall–Kier alpha value is -1.32. The molecular weight excluding hydrogens is 240 g/mol. The third-order valence-electron chi connectivity index (χ3n) is 3.56. The minimum absolute atomic E-state index is 0.489. The summed E-state index contributed by atoms with van der Waals surface area (Å²) in [4.78, 5) is 2.79. The minimum atomic E-state index is 0.489. The fourth-order valence-electron chi connectivity index (χ4n) is 2.65. The molecule has 1 heterocycles. The van der Waals surface area contributed by atoms with Gasteiger partial charge in [0.25, 0.3) is 0 Å². The van der Waals surface area contributed by atoms with Gasteiger partial charge < -0.3 is 11.1 Å². The van der Waals surface area contributed by atoms with Crippen LogP contribution in [-0.2, 0) is 13.0 Å². The van der Waals surface area contributed by atoms with Crippen molar-refractivity contribution in [1.82, 2.24) is 5.32 Å². The van der Waals surface area contributed by atoms with Crippen LogP contribution in [0.3, 0.4) is 0 Å². The first-order valence-corrected chi connectivity index (χ1v) is 7.21. The van der Waals surface area contributed by atoms with E-state index >= 15 is 0 Å². The van der Waals surface area contributed by atoms with Crippen molar-refractivity contribution in [3.05, 3.63) is 51.2 Å². The Bertz CT molecular complexity index is 559. The summed E-state index contributed by atoms with van der Waals surface area (Å²) in [7, 11) is 0. The Balaban J connectivity index is 1.69. The number of nitrogens with two attached hydrogens (primary N) is 1. The molecule has 2 aromatic rings. The lowest BCUT2D eigenvalue weighted by Crippen LogP contribution is -2.17. The summed E-state index contributed by atoms with van der Waals surface area (Å²) in [6, 6.07) is 11.2. The number of rotatable bonds is 3. The zero-order chi connectivity index (χ0) is 12.5. The molecule has 3 heteroatoms. The molecule has 0 bridgehead atoms. The van der Waals surface area contributed by atoms with Crippen LogP contribution < -0.4 is 11.1 Å². The molecule has 1 aromatic heterocycles. The molecule has 1 aromatic carbocycles. The maximum Gasteiger partial charge on any atom is 0.0329 e. The van der Waals surface area contributed by atoms with Gasteiger partial charge in [-0.2, -0.15) is 0 Å². The van der Waals surface area contributed by atoms with Gasteiger partial charge in [-0.3, -0.25) is 0 Å². The van der Waals surface area contributed by atoms with Gasteiger partial charge in [0.1, 0.15) is 0 Å². The van der Waals surface area contributed by atoms with Crippen molar-refractivity contribution in [3.63, 3.8) is 0 Å². The molecule has 0 amide bonds. The number of nitrogen functional groups attached to an aromatic ring is 1. The third kappa shape index (κ3) is 2.28. The lowest BCUT2D eigenvalue weighted by Gasteiger charge is -2.13. The van der Waals surface area contributed by atoms with Crippen molar-refractivity contribution < 1.29 is 0 Å². The van der Waals surface area contributed by atoms with Crippen LogP contribution in [0.4, 0.5) is 5.69 Å². The molecule has 3 N–H and O–H groups in total. The maximum absolute atomic E-state index is 5.83. The molecule has 1 aliphatic carbocycles.